The lowest BCUT2D eigenvalue weighted by Gasteiger charge is -2.11. The monoisotopic (exact) mass is 288 g/mol. The normalized spacial score (nSPS) is 13.0. The molecule has 21 heavy (non-hydrogen) atoms. The largest absolute Gasteiger partial charge is 0.459 e. The number of carbonyl (C=O) groups excluding carboxylic acids is 2. The number of fused-ring (bicyclic) bond motifs is 1. The Balaban J connectivity index is 2.24. The van der Waals surface area contributed by atoms with Crippen LogP contribution in [0.1, 0.15) is 25.0 Å². The van der Waals surface area contributed by atoms with Gasteiger partial charge in [-0.2, -0.15) is 0 Å². The number of ether oxygens (including phenoxy) is 3. The first kappa shape index (κ1) is 14.8. The molecule has 0 amide bonds. The minimum absolute atomic E-state index is 0.0288. The van der Waals surface area contributed by atoms with Crippen molar-refractivity contribution in [3.63, 3.8) is 0 Å². The fraction of sp³-hybridized carbons (Fsp3) is 0.250. The van der Waals surface area contributed by atoms with Gasteiger partial charge in [0, 0.05) is 13.8 Å². The third-order valence-corrected chi connectivity index (χ3v) is 2.73. The predicted molar refractivity (Wildman–Crippen MR) is 76.7 cm³/mol. The van der Waals surface area contributed by atoms with E-state index < -0.39 is 0 Å². The van der Waals surface area contributed by atoms with Gasteiger partial charge in [0.2, 0.25) is 0 Å². The zero-order chi connectivity index (χ0) is 15.2. The van der Waals surface area contributed by atoms with Crippen LogP contribution in [-0.2, 0) is 23.8 Å². The standard InChI is InChI=1S/C16H16O5/c1-11(17)19-9-15-7-13-5-3-4-6-14(13)8-16(21-15)10-20-12(2)18/h3-8H,9-10H2,1-2H3. The zero-order valence-electron chi connectivity index (χ0n) is 11.9. The van der Waals surface area contributed by atoms with Crippen molar-refractivity contribution in [1.82, 2.24) is 0 Å². The van der Waals surface area contributed by atoms with E-state index in [1.54, 1.807) is 12.2 Å². The van der Waals surface area contributed by atoms with E-state index in [1.807, 2.05) is 24.3 Å². The lowest BCUT2D eigenvalue weighted by molar-refractivity contribution is -0.140. The topological polar surface area (TPSA) is 61.8 Å². The Labute approximate surface area is 122 Å². The highest BCUT2D eigenvalue weighted by Crippen LogP contribution is 2.23. The molecular weight excluding hydrogens is 272 g/mol. The molecule has 0 bridgehead atoms. The van der Waals surface area contributed by atoms with Crippen LogP contribution in [0.25, 0.3) is 12.2 Å². The Morgan fingerprint density at radius 3 is 1.71 bits per heavy atom. The molecule has 5 heteroatoms. The van der Waals surface area contributed by atoms with E-state index in [2.05, 4.69) is 0 Å². The molecule has 0 N–H and O–H groups in total. The Morgan fingerprint density at radius 1 is 0.905 bits per heavy atom. The summed E-state index contributed by atoms with van der Waals surface area (Å²) in [5.41, 5.74) is 1.88. The van der Waals surface area contributed by atoms with Crippen LogP contribution in [-0.4, -0.2) is 25.2 Å². The molecule has 0 saturated heterocycles. The summed E-state index contributed by atoms with van der Waals surface area (Å²) < 4.78 is 15.6. The lowest BCUT2D eigenvalue weighted by Crippen LogP contribution is -2.09. The maximum atomic E-state index is 10.9. The summed E-state index contributed by atoms with van der Waals surface area (Å²) in [6, 6.07) is 7.67. The SMILES string of the molecule is CC(=O)OCC1=Cc2ccccc2C=C(COC(C)=O)O1. The average Bonchev–Trinajstić information content (AvgIpc) is 2.61. The first-order valence-electron chi connectivity index (χ1n) is 6.49. The van der Waals surface area contributed by atoms with Crippen LogP contribution in [0.15, 0.2) is 35.8 Å². The molecule has 110 valence electrons. The highest BCUT2D eigenvalue weighted by molar-refractivity contribution is 5.70. The summed E-state index contributed by atoms with van der Waals surface area (Å²) in [5.74, 6) is 0.187. The molecule has 1 heterocycles. The highest BCUT2D eigenvalue weighted by atomic mass is 16.6. The summed E-state index contributed by atoms with van der Waals surface area (Å²) in [6.45, 7) is 2.73. The van der Waals surface area contributed by atoms with Crippen molar-refractivity contribution in [2.75, 3.05) is 13.2 Å². The predicted octanol–water partition coefficient (Wildman–Crippen LogP) is 2.52. The van der Waals surface area contributed by atoms with Crippen molar-refractivity contribution in [3.05, 3.63) is 46.9 Å². The Kier molecular flexibility index (Phi) is 4.77. The van der Waals surface area contributed by atoms with E-state index in [9.17, 15) is 9.59 Å². The van der Waals surface area contributed by atoms with Crippen molar-refractivity contribution >= 4 is 24.1 Å². The van der Waals surface area contributed by atoms with Gasteiger partial charge in [-0.15, -0.1) is 0 Å². The van der Waals surface area contributed by atoms with Crippen LogP contribution in [0.5, 0.6) is 0 Å². The van der Waals surface area contributed by atoms with Crippen molar-refractivity contribution in [2.24, 2.45) is 0 Å². The molecule has 0 aromatic heterocycles. The van der Waals surface area contributed by atoms with Gasteiger partial charge in [-0.25, -0.2) is 0 Å². The maximum absolute atomic E-state index is 10.9. The molecule has 5 nitrogen and oxygen atoms in total. The second-order valence-electron chi connectivity index (χ2n) is 4.51. The first-order chi connectivity index (χ1) is 10.0. The summed E-state index contributed by atoms with van der Waals surface area (Å²) in [6.07, 6.45) is 3.60. The van der Waals surface area contributed by atoms with Gasteiger partial charge >= 0.3 is 11.9 Å². The van der Waals surface area contributed by atoms with E-state index in [1.165, 1.54) is 13.8 Å². The Morgan fingerprint density at radius 2 is 1.33 bits per heavy atom. The molecule has 0 unspecified atom stereocenters. The number of hydrogen-bond donors (Lipinski definition) is 0. The van der Waals surface area contributed by atoms with E-state index in [-0.39, 0.29) is 25.2 Å². The van der Waals surface area contributed by atoms with Gasteiger partial charge in [0.15, 0.2) is 0 Å². The molecule has 0 aliphatic carbocycles. The highest BCUT2D eigenvalue weighted by Gasteiger charge is 2.13. The minimum atomic E-state index is -0.387. The van der Waals surface area contributed by atoms with Crippen LogP contribution < -0.4 is 0 Å². The second-order valence-corrected chi connectivity index (χ2v) is 4.51. The molecular formula is C16H16O5. The number of rotatable bonds is 4. The van der Waals surface area contributed by atoms with Gasteiger partial charge < -0.3 is 14.2 Å². The third-order valence-electron chi connectivity index (χ3n) is 2.73. The number of benzene rings is 1. The van der Waals surface area contributed by atoms with Gasteiger partial charge in [-0.3, -0.25) is 9.59 Å². The van der Waals surface area contributed by atoms with Gasteiger partial charge in [0.25, 0.3) is 0 Å². The average molecular weight is 288 g/mol. The summed E-state index contributed by atoms with van der Waals surface area (Å²) in [7, 11) is 0. The molecule has 0 fully saturated rings. The number of carbonyl (C=O) groups is 2. The smallest absolute Gasteiger partial charge is 0.303 e. The van der Waals surface area contributed by atoms with Gasteiger partial charge in [-0.05, 0) is 23.3 Å². The molecule has 0 spiro atoms. The van der Waals surface area contributed by atoms with E-state index in [4.69, 9.17) is 14.2 Å². The molecule has 1 aliphatic rings. The van der Waals surface area contributed by atoms with Crippen molar-refractivity contribution in [3.8, 4) is 0 Å². The van der Waals surface area contributed by atoms with Crippen LogP contribution in [0.3, 0.4) is 0 Å². The maximum Gasteiger partial charge on any atom is 0.303 e. The fourth-order valence-corrected chi connectivity index (χ4v) is 1.84. The molecule has 1 aromatic carbocycles. The van der Waals surface area contributed by atoms with Crippen LogP contribution in [0.4, 0.5) is 0 Å². The van der Waals surface area contributed by atoms with Crippen LogP contribution in [0.2, 0.25) is 0 Å². The minimum Gasteiger partial charge on any atom is -0.459 e. The molecule has 1 aromatic rings. The number of hydrogen-bond acceptors (Lipinski definition) is 5. The molecule has 0 radical (unpaired) electrons. The van der Waals surface area contributed by atoms with Crippen molar-refractivity contribution < 1.29 is 23.8 Å². The van der Waals surface area contributed by atoms with Gasteiger partial charge in [0.1, 0.15) is 24.7 Å². The lowest BCUT2D eigenvalue weighted by atomic mass is 10.1. The van der Waals surface area contributed by atoms with Crippen LogP contribution >= 0.6 is 0 Å². The Bertz CT molecular complexity index is 560. The molecule has 2 rings (SSSR count). The number of esters is 2. The summed E-state index contributed by atoms with van der Waals surface area (Å²) in [4.78, 5) is 21.9. The van der Waals surface area contributed by atoms with E-state index >= 15 is 0 Å². The third kappa shape index (κ3) is 4.49. The van der Waals surface area contributed by atoms with Crippen LogP contribution in [0, 0.1) is 0 Å². The molecule has 0 saturated carbocycles. The quantitative estimate of drug-likeness (QED) is 0.797. The summed E-state index contributed by atoms with van der Waals surface area (Å²) in [5, 5.41) is 0. The van der Waals surface area contributed by atoms with Gasteiger partial charge in [0.05, 0.1) is 0 Å². The zero-order valence-corrected chi connectivity index (χ0v) is 11.9. The van der Waals surface area contributed by atoms with Crippen molar-refractivity contribution in [2.45, 2.75) is 13.8 Å². The van der Waals surface area contributed by atoms with Gasteiger partial charge in [-0.1, -0.05) is 24.3 Å². The van der Waals surface area contributed by atoms with E-state index in [0.29, 0.717) is 11.5 Å². The Hall–Kier alpha value is -2.56. The second kappa shape index (κ2) is 6.74. The van der Waals surface area contributed by atoms with Crippen molar-refractivity contribution in [1.29, 1.82) is 0 Å². The summed E-state index contributed by atoms with van der Waals surface area (Å²) >= 11 is 0. The fourth-order valence-electron chi connectivity index (χ4n) is 1.84. The molecule has 1 aliphatic heterocycles. The van der Waals surface area contributed by atoms with E-state index in [0.717, 1.165) is 11.1 Å². The molecule has 0 atom stereocenters. The first-order valence-corrected chi connectivity index (χ1v) is 6.49.